The van der Waals surface area contributed by atoms with Crippen LogP contribution in [0.2, 0.25) is 0 Å². The maximum Gasteiger partial charge on any atom is 0.0594 e. The molecule has 1 saturated heterocycles. The van der Waals surface area contributed by atoms with Gasteiger partial charge in [0.25, 0.3) is 0 Å². The zero-order valence-electron chi connectivity index (χ0n) is 11.6. The van der Waals surface area contributed by atoms with E-state index in [-0.39, 0.29) is 0 Å². The van der Waals surface area contributed by atoms with Gasteiger partial charge in [-0.1, -0.05) is 18.2 Å². The summed E-state index contributed by atoms with van der Waals surface area (Å²) in [4.78, 5) is 2.48. The van der Waals surface area contributed by atoms with Crippen molar-refractivity contribution in [2.75, 3.05) is 39.4 Å². The smallest absolute Gasteiger partial charge is 0.0594 e. The van der Waals surface area contributed by atoms with Gasteiger partial charge < -0.3 is 10.5 Å². The number of nitrogens with two attached hydrogens (primary N) is 1. The molecule has 1 unspecified atom stereocenters. The quantitative estimate of drug-likeness (QED) is 0.892. The van der Waals surface area contributed by atoms with Crippen LogP contribution in [-0.4, -0.2) is 44.3 Å². The normalized spacial score (nSPS) is 21.3. The molecule has 3 nitrogen and oxygen atoms in total. The monoisotopic (exact) mass is 260 g/mol. The van der Waals surface area contributed by atoms with Gasteiger partial charge in [-0.3, -0.25) is 4.90 Å². The lowest BCUT2D eigenvalue weighted by atomic mass is 9.95. The Hall–Kier alpha value is -0.900. The van der Waals surface area contributed by atoms with Crippen LogP contribution in [0.4, 0.5) is 0 Å². The number of fused-ring (bicyclic) bond motifs is 1. The van der Waals surface area contributed by atoms with Crippen molar-refractivity contribution < 1.29 is 4.74 Å². The van der Waals surface area contributed by atoms with E-state index >= 15 is 0 Å². The van der Waals surface area contributed by atoms with Crippen molar-refractivity contribution in [2.24, 2.45) is 5.73 Å². The molecular weight excluding hydrogens is 236 g/mol. The second kappa shape index (κ2) is 6.04. The molecule has 19 heavy (non-hydrogen) atoms. The van der Waals surface area contributed by atoms with Crippen molar-refractivity contribution in [3.63, 3.8) is 0 Å². The highest BCUT2D eigenvalue weighted by molar-refractivity contribution is 5.37. The van der Waals surface area contributed by atoms with Gasteiger partial charge >= 0.3 is 0 Å². The standard InChI is InChI=1S/C16H24N2O/c17-11-16(12-18-6-8-19-9-7-18)15-5-4-13-2-1-3-14(13)10-15/h4-5,10,16H,1-3,6-9,11-12,17H2. The minimum atomic E-state index is 0.462. The van der Waals surface area contributed by atoms with E-state index in [9.17, 15) is 0 Å². The molecule has 2 aliphatic rings. The van der Waals surface area contributed by atoms with Gasteiger partial charge in [-0.2, -0.15) is 0 Å². The van der Waals surface area contributed by atoms with Crippen LogP contribution in [0.1, 0.15) is 29.0 Å². The molecule has 3 heteroatoms. The molecular formula is C16H24N2O. The van der Waals surface area contributed by atoms with Crippen LogP contribution >= 0.6 is 0 Å². The molecule has 1 atom stereocenters. The zero-order valence-corrected chi connectivity index (χ0v) is 11.6. The highest BCUT2D eigenvalue weighted by Gasteiger charge is 2.19. The third-order valence-electron chi connectivity index (χ3n) is 4.46. The Kier molecular flexibility index (Phi) is 4.16. The predicted molar refractivity (Wildman–Crippen MR) is 77.5 cm³/mol. The lowest BCUT2D eigenvalue weighted by Crippen LogP contribution is -2.40. The summed E-state index contributed by atoms with van der Waals surface area (Å²) < 4.78 is 5.41. The molecule has 3 rings (SSSR count). The van der Waals surface area contributed by atoms with E-state index in [1.54, 1.807) is 11.1 Å². The molecule has 104 valence electrons. The molecule has 1 aliphatic heterocycles. The Morgan fingerprint density at radius 2 is 1.95 bits per heavy atom. The average Bonchev–Trinajstić information content (AvgIpc) is 2.93. The largest absolute Gasteiger partial charge is 0.379 e. The Morgan fingerprint density at radius 3 is 2.74 bits per heavy atom. The van der Waals surface area contributed by atoms with Gasteiger partial charge in [0.2, 0.25) is 0 Å². The van der Waals surface area contributed by atoms with E-state index in [1.165, 1.54) is 24.8 Å². The summed E-state index contributed by atoms with van der Waals surface area (Å²) in [5, 5.41) is 0. The van der Waals surface area contributed by atoms with Crippen LogP contribution in [0.3, 0.4) is 0 Å². The van der Waals surface area contributed by atoms with Gasteiger partial charge in [0.1, 0.15) is 0 Å². The summed E-state index contributed by atoms with van der Waals surface area (Å²) in [6, 6.07) is 7.02. The summed E-state index contributed by atoms with van der Waals surface area (Å²) >= 11 is 0. The summed E-state index contributed by atoms with van der Waals surface area (Å²) in [5.74, 6) is 0.462. The number of aryl methyl sites for hydroxylation is 2. The molecule has 0 spiro atoms. The van der Waals surface area contributed by atoms with Crippen LogP contribution in [0.25, 0.3) is 0 Å². The highest BCUT2D eigenvalue weighted by atomic mass is 16.5. The van der Waals surface area contributed by atoms with Gasteiger partial charge in [-0.05, 0) is 36.0 Å². The molecule has 0 bridgehead atoms. The highest BCUT2D eigenvalue weighted by Crippen LogP contribution is 2.26. The van der Waals surface area contributed by atoms with Crippen LogP contribution < -0.4 is 5.73 Å². The summed E-state index contributed by atoms with van der Waals surface area (Å²) in [6.45, 7) is 5.61. The topological polar surface area (TPSA) is 38.5 Å². The number of morpholine rings is 1. The third kappa shape index (κ3) is 2.99. The summed E-state index contributed by atoms with van der Waals surface area (Å²) in [7, 11) is 0. The average molecular weight is 260 g/mol. The number of rotatable bonds is 4. The van der Waals surface area contributed by atoms with E-state index in [0.29, 0.717) is 5.92 Å². The van der Waals surface area contributed by atoms with Gasteiger partial charge in [-0.15, -0.1) is 0 Å². The van der Waals surface area contributed by atoms with Crippen molar-refractivity contribution in [3.05, 3.63) is 34.9 Å². The molecule has 0 saturated carbocycles. The van der Waals surface area contributed by atoms with Crippen molar-refractivity contribution in [1.29, 1.82) is 0 Å². The van der Waals surface area contributed by atoms with E-state index in [1.807, 2.05) is 0 Å². The molecule has 0 radical (unpaired) electrons. The van der Waals surface area contributed by atoms with E-state index < -0.39 is 0 Å². The maximum absolute atomic E-state index is 6.01. The van der Waals surface area contributed by atoms with E-state index in [0.717, 1.165) is 39.4 Å². The van der Waals surface area contributed by atoms with Gasteiger partial charge in [-0.25, -0.2) is 0 Å². The first-order valence-corrected chi connectivity index (χ1v) is 7.48. The number of ether oxygens (including phenoxy) is 1. The van der Waals surface area contributed by atoms with Crippen molar-refractivity contribution in [3.8, 4) is 0 Å². The van der Waals surface area contributed by atoms with Crippen molar-refractivity contribution in [1.82, 2.24) is 4.90 Å². The first kappa shape index (κ1) is 13.1. The van der Waals surface area contributed by atoms with E-state index in [2.05, 4.69) is 23.1 Å². The molecule has 1 aromatic carbocycles. The summed E-state index contributed by atoms with van der Waals surface area (Å²) in [6.07, 6.45) is 3.82. The second-order valence-electron chi connectivity index (χ2n) is 5.73. The molecule has 1 aliphatic carbocycles. The number of benzene rings is 1. The van der Waals surface area contributed by atoms with Crippen molar-refractivity contribution >= 4 is 0 Å². The van der Waals surface area contributed by atoms with Gasteiger partial charge in [0.05, 0.1) is 13.2 Å². The molecule has 0 amide bonds. The fourth-order valence-electron chi connectivity index (χ4n) is 3.26. The van der Waals surface area contributed by atoms with Gasteiger partial charge in [0, 0.05) is 32.1 Å². The lowest BCUT2D eigenvalue weighted by molar-refractivity contribution is 0.0353. The minimum Gasteiger partial charge on any atom is -0.379 e. The Bertz CT molecular complexity index is 427. The number of hydrogen-bond acceptors (Lipinski definition) is 3. The fraction of sp³-hybridized carbons (Fsp3) is 0.625. The Morgan fingerprint density at radius 1 is 1.16 bits per heavy atom. The lowest BCUT2D eigenvalue weighted by Gasteiger charge is -2.30. The number of nitrogens with zero attached hydrogens (tertiary/aromatic N) is 1. The van der Waals surface area contributed by atoms with Crippen molar-refractivity contribution in [2.45, 2.75) is 25.2 Å². The minimum absolute atomic E-state index is 0.462. The Labute approximate surface area is 115 Å². The summed E-state index contributed by atoms with van der Waals surface area (Å²) in [5.41, 5.74) is 10.5. The number of hydrogen-bond donors (Lipinski definition) is 1. The molecule has 2 N–H and O–H groups in total. The van der Waals surface area contributed by atoms with E-state index in [4.69, 9.17) is 10.5 Å². The second-order valence-corrected chi connectivity index (χ2v) is 5.73. The van der Waals surface area contributed by atoms with Crippen LogP contribution in [0.15, 0.2) is 18.2 Å². The predicted octanol–water partition coefficient (Wildman–Crippen LogP) is 1.55. The van der Waals surface area contributed by atoms with Crippen LogP contribution in [0.5, 0.6) is 0 Å². The first-order chi connectivity index (χ1) is 9.36. The zero-order chi connectivity index (χ0) is 13.1. The molecule has 0 aromatic heterocycles. The third-order valence-corrected chi connectivity index (χ3v) is 4.46. The van der Waals surface area contributed by atoms with Crippen LogP contribution in [0, 0.1) is 0 Å². The Balaban J connectivity index is 1.70. The maximum atomic E-state index is 6.01. The molecule has 1 heterocycles. The molecule has 1 aromatic rings. The SMILES string of the molecule is NCC(CN1CCOCC1)c1ccc2c(c1)CCC2. The fourth-order valence-corrected chi connectivity index (χ4v) is 3.26. The van der Waals surface area contributed by atoms with Crippen LogP contribution in [-0.2, 0) is 17.6 Å². The molecule has 1 fully saturated rings. The first-order valence-electron chi connectivity index (χ1n) is 7.48. The van der Waals surface area contributed by atoms with Gasteiger partial charge in [0.15, 0.2) is 0 Å².